The van der Waals surface area contributed by atoms with E-state index in [1.165, 1.54) is 13.0 Å². The molecule has 0 unspecified atom stereocenters. The Morgan fingerprint density at radius 1 is 1.30 bits per heavy atom. The molecule has 0 spiro atoms. The molecule has 0 saturated heterocycles. The van der Waals surface area contributed by atoms with Crippen molar-refractivity contribution in [3.63, 3.8) is 0 Å². The average molecular weight is 276 g/mol. The second kappa shape index (κ2) is 5.73. The Labute approximate surface area is 116 Å². The second-order valence-corrected chi connectivity index (χ2v) is 4.88. The highest BCUT2D eigenvalue weighted by Crippen LogP contribution is 2.30. The number of rotatable bonds is 5. The van der Waals surface area contributed by atoms with Gasteiger partial charge >= 0.3 is 5.97 Å². The van der Waals surface area contributed by atoms with Crippen LogP contribution in [0, 0.1) is 5.92 Å². The molecule has 20 heavy (non-hydrogen) atoms. The highest BCUT2D eigenvalue weighted by Gasteiger charge is 2.29. The fraction of sp³-hybridized carbons (Fsp3) is 0.357. The van der Waals surface area contributed by atoms with Gasteiger partial charge in [-0.15, -0.1) is 0 Å². The minimum absolute atomic E-state index is 0.0403. The summed E-state index contributed by atoms with van der Waals surface area (Å²) in [6.07, 6.45) is 1.81. The van der Waals surface area contributed by atoms with Crippen LogP contribution in [-0.2, 0) is 9.59 Å². The van der Waals surface area contributed by atoms with Crippen LogP contribution in [0.2, 0.25) is 0 Å². The molecule has 1 aromatic rings. The van der Waals surface area contributed by atoms with Crippen LogP contribution >= 0.6 is 0 Å². The molecule has 0 aromatic heterocycles. The molecule has 2 amide bonds. The summed E-state index contributed by atoms with van der Waals surface area (Å²) in [5, 5.41) is 13.8. The Kier molecular flexibility index (Phi) is 4.02. The maximum atomic E-state index is 11.9. The number of carboxylic acids is 1. The summed E-state index contributed by atoms with van der Waals surface area (Å²) in [7, 11) is 0. The molecule has 0 radical (unpaired) electrons. The van der Waals surface area contributed by atoms with Gasteiger partial charge in [-0.3, -0.25) is 14.4 Å². The monoisotopic (exact) mass is 276 g/mol. The van der Waals surface area contributed by atoms with Crippen molar-refractivity contribution in [1.82, 2.24) is 5.32 Å². The van der Waals surface area contributed by atoms with Crippen molar-refractivity contribution in [1.29, 1.82) is 0 Å². The highest BCUT2D eigenvalue weighted by atomic mass is 16.4. The van der Waals surface area contributed by atoms with Crippen LogP contribution in [0.1, 0.15) is 30.1 Å². The molecule has 1 aliphatic rings. The molecule has 6 nitrogen and oxygen atoms in total. The number of carboxylic acid groups (broad SMARTS) is 1. The van der Waals surface area contributed by atoms with E-state index >= 15 is 0 Å². The van der Waals surface area contributed by atoms with Crippen LogP contribution in [0.4, 0.5) is 5.69 Å². The van der Waals surface area contributed by atoms with Gasteiger partial charge in [0.25, 0.3) is 5.91 Å². The van der Waals surface area contributed by atoms with Gasteiger partial charge in [-0.05, 0) is 38.0 Å². The van der Waals surface area contributed by atoms with E-state index in [4.69, 9.17) is 5.11 Å². The van der Waals surface area contributed by atoms with E-state index in [1.807, 2.05) is 0 Å². The van der Waals surface area contributed by atoms with Crippen LogP contribution in [-0.4, -0.2) is 28.9 Å². The smallest absolute Gasteiger partial charge is 0.325 e. The SMILES string of the molecule is C[C@@H](NC(=O)c1cccc(NC(=O)C2CC2)c1)C(=O)O. The molecular weight excluding hydrogens is 260 g/mol. The lowest BCUT2D eigenvalue weighted by Crippen LogP contribution is -2.38. The lowest BCUT2D eigenvalue weighted by molar-refractivity contribution is -0.138. The van der Waals surface area contributed by atoms with Crippen LogP contribution in [0.5, 0.6) is 0 Å². The van der Waals surface area contributed by atoms with E-state index in [-0.39, 0.29) is 11.8 Å². The zero-order chi connectivity index (χ0) is 14.7. The predicted molar refractivity (Wildman–Crippen MR) is 72.4 cm³/mol. The zero-order valence-electron chi connectivity index (χ0n) is 11.1. The molecule has 1 saturated carbocycles. The number of nitrogens with one attached hydrogen (secondary N) is 2. The van der Waals surface area contributed by atoms with E-state index < -0.39 is 17.9 Å². The summed E-state index contributed by atoms with van der Waals surface area (Å²) in [5.74, 6) is -1.54. The Morgan fingerprint density at radius 2 is 2.00 bits per heavy atom. The molecule has 2 rings (SSSR count). The lowest BCUT2D eigenvalue weighted by Gasteiger charge is -2.10. The van der Waals surface area contributed by atoms with Gasteiger partial charge in [-0.1, -0.05) is 6.07 Å². The van der Waals surface area contributed by atoms with Gasteiger partial charge < -0.3 is 15.7 Å². The van der Waals surface area contributed by atoms with Gasteiger partial charge in [0, 0.05) is 17.2 Å². The molecule has 106 valence electrons. The Hall–Kier alpha value is -2.37. The molecule has 0 aliphatic heterocycles. The number of benzene rings is 1. The Morgan fingerprint density at radius 3 is 2.60 bits per heavy atom. The van der Waals surface area contributed by atoms with Crippen molar-refractivity contribution in [2.75, 3.05) is 5.32 Å². The first-order valence-electron chi connectivity index (χ1n) is 6.42. The Bertz CT molecular complexity index is 552. The highest BCUT2D eigenvalue weighted by molar-refractivity contribution is 5.99. The minimum Gasteiger partial charge on any atom is -0.480 e. The molecule has 1 fully saturated rings. The maximum Gasteiger partial charge on any atom is 0.325 e. The number of hydrogen-bond donors (Lipinski definition) is 3. The number of carbonyl (C=O) groups excluding carboxylic acids is 2. The minimum atomic E-state index is -1.10. The van der Waals surface area contributed by atoms with Gasteiger partial charge in [-0.2, -0.15) is 0 Å². The predicted octanol–water partition coefficient (Wildman–Crippen LogP) is 1.24. The topological polar surface area (TPSA) is 95.5 Å². The van der Waals surface area contributed by atoms with Gasteiger partial charge in [0.15, 0.2) is 0 Å². The van der Waals surface area contributed by atoms with Crippen molar-refractivity contribution in [2.45, 2.75) is 25.8 Å². The van der Waals surface area contributed by atoms with E-state index in [0.717, 1.165) is 12.8 Å². The first-order valence-corrected chi connectivity index (χ1v) is 6.42. The van der Waals surface area contributed by atoms with Crippen molar-refractivity contribution in [3.8, 4) is 0 Å². The molecule has 1 atom stereocenters. The third kappa shape index (κ3) is 3.57. The molecule has 1 aromatic carbocycles. The third-order valence-corrected chi connectivity index (χ3v) is 3.06. The van der Waals surface area contributed by atoms with Crippen LogP contribution in [0.15, 0.2) is 24.3 Å². The molecule has 1 aliphatic carbocycles. The third-order valence-electron chi connectivity index (χ3n) is 3.06. The number of aliphatic carboxylic acids is 1. The number of hydrogen-bond acceptors (Lipinski definition) is 3. The standard InChI is InChI=1S/C14H16N2O4/c1-8(14(19)20)15-13(18)10-3-2-4-11(7-10)16-12(17)9-5-6-9/h2-4,7-9H,5-6H2,1H3,(H,15,18)(H,16,17)(H,19,20)/t8-/m1/s1. The van der Waals surface area contributed by atoms with Gasteiger partial charge in [0.2, 0.25) is 5.91 Å². The van der Waals surface area contributed by atoms with Crippen molar-refractivity contribution in [2.24, 2.45) is 5.92 Å². The summed E-state index contributed by atoms with van der Waals surface area (Å²) < 4.78 is 0. The van der Waals surface area contributed by atoms with Gasteiger partial charge in [-0.25, -0.2) is 0 Å². The fourth-order valence-electron chi connectivity index (χ4n) is 1.67. The normalized spacial score (nSPS) is 15.2. The summed E-state index contributed by atoms with van der Waals surface area (Å²) in [6.45, 7) is 1.39. The molecule has 6 heteroatoms. The molecule has 3 N–H and O–H groups in total. The number of anilines is 1. The fourth-order valence-corrected chi connectivity index (χ4v) is 1.67. The second-order valence-electron chi connectivity index (χ2n) is 4.88. The Balaban J connectivity index is 2.02. The van der Waals surface area contributed by atoms with E-state index in [0.29, 0.717) is 11.3 Å². The quantitative estimate of drug-likeness (QED) is 0.754. The van der Waals surface area contributed by atoms with Crippen molar-refractivity contribution < 1.29 is 19.5 Å². The van der Waals surface area contributed by atoms with E-state index in [2.05, 4.69) is 10.6 Å². The first-order chi connectivity index (χ1) is 9.47. The number of carbonyl (C=O) groups is 3. The lowest BCUT2D eigenvalue weighted by atomic mass is 10.1. The van der Waals surface area contributed by atoms with E-state index in [9.17, 15) is 14.4 Å². The zero-order valence-corrected chi connectivity index (χ0v) is 11.1. The number of amides is 2. The largest absolute Gasteiger partial charge is 0.480 e. The summed E-state index contributed by atoms with van der Waals surface area (Å²) >= 11 is 0. The molecule has 0 bridgehead atoms. The summed E-state index contributed by atoms with van der Waals surface area (Å²) in [6, 6.07) is 5.47. The molecule has 0 heterocycles. The first kappa shape index (κ1) is 14.0. The summed E-state index contributed by atoms with van der Waals surface area (Å²) in [5.41, 5.74) is 0.851. The van der Waals surface area contributed by atoms with Crippen molar-refractivity contribution >= 4 is 23.5 Å². The van der Waals surface area contributed by atoms with Crippen molar-refractivity contribution in [3.05, 3.63) is 29.8 Å². The van der Waals surface area contributed by atoms with E-state index in [1.54, 1.807) is 18.2 Å². The average Bonchev–Trinajstić information content (AvgIpc) is 3.23. The van der Waals surface area contributed by atoms with Gasteiger partial charge in [0.1, 0.15) is 6.04 Å². The van der Waals surface area contributed by atoms with Gasteiger partial charge in [0.05, 0.1) is 0 Å². The van der Waals surface area contributed by atoms with Crippen LogP contribution < -0.4 is 10.6 Å². The van der Waals surface area contributed by atoms with Crippen LogP contribution in [0.25, 0.3) is 0 Å². The maximum absolute atomic E-state index is 11.9. The van der Waals surface area contributed by atoms with Crippen LogP contribution in [0.3, 0.4) is 0 Å². The summed E-state index contributed by atoms with van der Waals surface area (Å²) in [4.78, 5) is 34.2. The molecular formula is C14H16N2O4.